The molecule has 0 saturated carbocycles. The van der Waals surface area contributed by atoms with Crippen molar-refractivity contribution in [2.45, 2.75) is 33.1 Å². The van der Waals surface area contributed by atoms with Crippen molar-refractivity contribution in [2.75, 3.05) is 6.61 Å². The molecule has 2 heterocycles. The Bertz CT molecular complexity index is 1040. The summed E-state index contributed by atoms with van der Waals surface area (Å²) in [5.74, 6) is -0.242. The van der Waals surface area contributed by atoms with Gasteiger partial charge < -0.3 is 14.7 Å². The first-order valence-corrected chi connectivity index (χ1v) is 9.40. The van der Waals surface area contributed by atoms with Crippen LogP contribution in [0.3, 0.4) is 0 Å². The second-order valence-corrected chi connectivity index (χ2v) is 6.98. The summed E-state index contributed by atoms with van der Waals surface area (Å²) in [6, 6.07) is 16.5. The number of benzene rings is 2. The second kappa shape index (κ2) is 6.95. The third-order valence-electron chi connectivity index (χ3n) is 5.26. The fourth-order valence-corrected chi connectivity index (χ4v) is 4.23. The highest BCUT2D eigenvalue weighted by atomic mass is 16.5. The topological polar surface area (TPSA) is 57.9 Å². The van der Waals surface area contributed by atoms with Gasteiger partial charge >= 0.3 is 5.97 Å². The van der Waals surface area contributed by atoms with Gasteiger partial charge in [0, 0.05) is 39.1 Å². The molecule has 0 amide bonds. The number of ether oxygens (including phenoxy) is 1. The number of hydrogen-bond acceptors (Lipinski definition) is 2. The van der Waals surface area contributed by atoms with Crippen LogP contribution in [0.25, 0.3) is 21.8 Å². The van der Waals surface area contributed by atoms with Gasteiger partial charge in [-0.05, 0) is 44.0 Å². The van der Waals surface area contributed by atoms with Crippen molar-refractivity contribution in [1.29, 1.82) is 0 Å². The van der Waals surface area contributed by atoms with E-state index in [-0.39, 0.29) is 11.9 Å². The second-order valence-electron chi connectivity index (χ2n) is 6.98. The molecule has 0 atom stereocenters. The summed E-state index contributed by atoms with van der Waals surface area (Å²) in [5, 5.41) is 2.32. The van der Waals surface area contributed by atoms with Crippen LogP contribution < -0.4 is 0 Å². The largest absolute Gasteiger partial charge is 0.466 e. The first kappa shape index (κ1) is 17.4. The van der Waals surface area contributed by atoms with Crippen LogP contribution in [0.2, 0.25) is 0 Å². The Labute approximate surface area is 158 Å². The van der Waals surface area contributed by atoms with E-state index in [0.717, 1.165) is 33.2 Å². The highest BCUT2D eigenvalue weighted by Crippen LogP contribution is 2.40. The fourth-order valence-electron chi connectivity index (χ4n) is 4.23. The van der Waals surface area contributed by atoms with E-state index < -0.39 is 0 Å². The summed E-state index contributed by atoms with van der Waals surface area (Å²) in [5.41, 5.74) is 6.72. The molecule has 2 aromatic heterocycles. The molecule has 0 unspecified atom stereocenters. The Morgan fingerprint density at radius 2 is 1.37 bits per heavy atom. The van der Waals surface area contributed by atoms with Gasteiger partial charge in [-0.3, -0.25) is 4.79 Å². The van der Waals surface area contributed by atoms with Gasteiger partial charge in [-0.1, -0.05) is 36.4 Å². The standard InChI is InChI=1S/C23H24N2O2/c1-4-27-21(26)13-18(22-14(2)24-19-11-7-5-9-16(19)22)23-15(3)25-20-12-8-6-10-17(20)23/h5-12,18,24-25H,4,13H2,1-3H3. The first-order valence-electron chi connectivity index (χ1n) is 9.40. The summed E-state index contributed by atoms with van der Waals surface area (Å²) in [7, 11) is 0. The maximum Gasteiger partial charge on any atom is 0.306 e. The highest BCUT2D eigenvalue weighted by Gasteiger charge is 2.28. The van der Waals surface area contributed by atoms with Crippen LogP contribution in [0.4, 0.5) is 0 Å². The van der Waals surface area contributed by atoms with Crippen molar-refractivity contribution in [3.63, 3.8) is 0 Å². The summed E-state index contributed by atoms with van der Waals surface area (Å²) >= 11 is 0. The molecule has 0 radical (unpaired) electrons. The van der Waals surface area contributed by atoms with Crippen molar-refractivity contribution in [3.8, 4) is 0 Å². The van der Waals surface area contributed by atoms with Gasteiger partial charge in [0.25, 0.3) is 0 Å². The number of aryl methyl sites for hydroxylation is 2. The van der Waals surface area contributed by atoms with Gasteiger partial charge in [0.2, 0.25) is 0 Å². The van der Waals surface area contributed by atoms with Crippen molar-refractivity contribution in [2.24, 2.45) is 0 Å². The molecule has 0 aliphatic rings. The monoisotopic (exact) mass is 360 g/mol. The van der Waals surface area contributed by atoms with Gasteiger partial charge in [0.05, 0.1) is 13.0 Å². The van der Waals surface area contributed by atoms with Crippen LogP contribution in [0, 0.1) is 13.8 Å². The molecule has 0 bridgehead atoms. The Kier molecular flexibility index (Phi) is 4.48. The van der Waals surface area contributed by atoms with Crippen LogP contribution in [0.5, 0.6) is 0 Å². The van der Waals surface area contributed by atoms with E-state index in [4.69, 9.17) is 4.74 Å². The molecule has 27 heavy (non-hydrogen) atoms. The number of nitrogens with one attached hydrogen (secondary N) is 2. The van der Waals surface area contributed by atoms with E-state index >= 15 is 0 Å². The molecule has 138 valence electrons. The molecule has 0 aliphatic carbocycles. The van der Waals surface area contributed by atoms with Crippen LogP contribution >= 0.6 is 0 Å². The van der Waals surface area contributed by atoms with E-state index in [0.29, 0.717) is 13.0 Å². The van der Waals surface area contributed by atoms with Gasteiger partial charge in [0.15, 0.2) is 0 Å². The lowest BCUT2D eigenvalue weighted by Gasteiger charge is -2.18. The molecular weight excluding hydrogens is 336 g/mol. The minimum absolute atomic E-state index is 0.0728. The fraction of sp³-hybridized carbons (Fsp3) is 0.261. The minimum Gasteiger partial charge on any atom is -0.466 e. The summed E-state index contributed by atoms with van der Waals surface area (Å²) in [6.45, 7) is 6.40. The number of hydrogen-bond donors (Lipinski definition) is 2. The number of fused-ring (bicyclic) bond motifs is 2. The van der Waals surface area contributed by atoms with Crippen molar-refractivity contribution in [1.82, 2.24) is 9.97 Å². The molecule has 0 saturated heterocycles. The molecule has 0 spiro atoms. The zero-order chi connectivity index (χ0) is 19.0. The average Bonchev–Trinajstić information content (AvgIpc) is 3.15. The first-order chi connectivity index (χ1) is 13.1. The zero-order valence-corrected chi connectivity index (χ0v) is 15.9. The summed E-state index contributed by atoms with van der Waals surface area (Å²) < 4.78 is 5.31. The van der Waals surface area contributed by atoms with Gasteiger partial charge in [-0.15, -0.1) is 0 Å². The van der Waals surface area contributed by atoms with E-state index in [1.807, 2.05) is 31.2 Å². The normalized spacial score (nSPS) is 11.6. The summed E-state index contributed by atoms with van der Waals surface area (Å²) in [6.07, 6.45) is 0.319. The van der Waals surface area contributed by atoms with Crippen molar-refractivity contribution in [3.05, 3.63) is 71.0 Å². The number of para-hydroxylation sites is 2. The third kappa shape index (κ3) is 3.01. The zero-order valence-electron chi connectivity index (χ0n) is 15.9. The number of rotatable bonds is 5. The predicted molar refractivity (Wildman–Crippen MR) is 109 cm³/mol. The van der Waals surface area contributed by atoms with Crippen LogP contribution in [0.1, 0.15) is 41.8 Å². The lowest BCUT2D eigenvalue weighted by molar-refractivity contribution is -0.143. The number of aromatic nitrogens is 2. The van der Waals surface area contributed by atoms with E-state index in [2.05, 4.69) is 48.1 Å². The third-order valence-corrected chi connectivity index (χ3v) is 5.26. The lowest BCUT2D eigenvalue weighted by Crippen LogP contribution is -2.13. The Balaban J connectivity index is 1.95. The molecular formula is C23H24N2O2. The highest BCUT2D eigenvalue weighted by molar-refractivity contribution is 5.91. The molecule has 4 heteroatoms. The van der Waals surface area contributed by atoms with E-state index in [1.165, 1.54) is 11.1 Å². The lowest BCUT2D eigenvalue weighted by atomic mass is 9.85. The smallest absolute Gasteiger partial charge is 0.306 e. The van der Waals surface area contributed by atoms with Gasteiger partial charge in [-0.2, -0.15) is 0 Å². The van der Waals surface area contributed by atoms with Crippen LogP contribution in [0.15, 0.2) is 48.5 Å². The Hall–Kier alpha value is -3.01. The SMILES string of the molecule is CCOC(=O)CC(c1c(C)[nH]c2ccccc12)c1c(C)[nH]c2ccccc12. The molecule has 2 N–H and O–H groups in total. The summed E-state index contributed by atoms with van der Waals surface area (Å²) in [4.78, 5) is 19.5. The quantitative estimate of drug-likeness (QED) is 0.471. The van der Waals surface area contributed by atoms with Crippen molar-refractivity contribution >= 4 is 27.8 Å². The maximum atomic E-state index is 12.5. The van der Waals surface area contributed by atoms with Crippen LogP contribution in [-0.2, 0) is 9.53 Å². The van der Waals surface area contributed by atoms with Crippen LogP contribution in [-0.4, -0.2) is 22.5 Å². The van der Waals surface area contributed by atoms with Gasteiger partial charge in [-0.25, -0.2) is 0 Å². The van der Waals surface area contributed by atoms with E-state index in [1.54, 1.807) is 0 Å². The molecule has 4 nitrogen and oxygen atoms in total. The van der Waals surface area contributed by atoms with E-state index in [9.17, 15) is 4.79 Å². The number of carbonyl (C=O) groups is 1. The average molecular weight is 360 g/mol. The van der Waals surface area contributed by atoms with Gasteiger partial charge in [0.1, 0.15) is 0 Å². The molecule has 2 aromatic carbocycles. The number of esters is 1. The number of aromatic amines is 2. The Morgan fingerprint density at radius 1 is 0.889 bits per heavy atom. The molecule has 0 aliphatic heterocycles. The van der Waals surface area contributed by atoms with Crippen molar-refractivity contribution < 1.29 is 9.53 Å². The minimum atomic E-state index is -0.170. The molecule has 4 aromatic rings. The number of H-pyrrole nitrogens is 2. The molecule has 4 rings (SSSR count). The Morgan fingerprint density at radius 3 is 1.85 bits per heavy atom. The maximum absolute atomic E-state index is 12.5. The molecule has 0 fully saturated rings. The number of carbonyl (C=O) groups excluding carboxylic acids is 1. The predicted octanol–water partition coefficient (Wildman–Crippen LogP) is 5.35.